The molecule has 0 rings (SSSR count). The molecule has 0 aliphatic rings. The first-order chi connectivity index (χ1) is 4.35. The van der Waals surface area contributed by atoms with Gasteiger partial charge < -0.3 is 0 Å². The molecule has 1 heteroatoms. The van der Waals surface area contributed by atoms with Crippen molar-refractivity contribution in [1.82, 2.24) is 0 Å². The Labute approximate surface area is 58.2 Å². The van der Waals surface area contributed by atoms with Gasteiger partial charge in [0.2, 0.25) is 0 Å². The maximum Gasteiger partial charge on any atom is 0.0276 e. The lowest BCUT2D eigenvalue weighted by atomic mass is 10.1. The zero-order valence-corrected chi connectivity index (χ0v) is 6.48. The zero-order valence-electron chi connectivity index (χ0n) is 6.48. The molecule has 1 nitrogen and oxygen atoms in total. The first-order valence-corrected chi connectivity index (χ1v) is 3.59. The van der Waals surface area contributed by atoms with Gasteiger partial charge in [0.05, 0.1) is 0 Å². The molecule has 0 spiro atoms. The van der Waals surface area contributed by atoms with Gasteiger partial charge in [0.25, 0.3) is 0 Å². The number of hydrogen-bond donors (Lipinski definition) is 0. The third-order valence-corrected chi connectivity index (χ3v) is 1.42. The molecular formula is C8H16N. The predicted octanol–water partition coefficient (Wildman–Crippen LogP) is 2.47. The molecule has 0 atom stereocenters. The SMILES string of the molecule is [CH2]C/C(CCCC)=N\C. The average Bonchev–Trinajstić information content (AvgIpc) is 1.91. The van der Waals surface area contributed by atoms with Gasteiger partial charge in [0, 0.05) is 12.8 Å². The van der Waals surface area contributed by atoms with Gasteiger partial charge in [0.15, 0.2) is 0 Å². The molecule has 0 aliphatic heterocycles. The van der Waals surface area contributed by atoms with Crippen molar-refractivity contribution in [3.63, 3.8) is 0 Å². The van der Waals surface area contributed by atoms with E-state index in [0.717, 1.165) is 12.8 Å². The zero-order chi connectivity index (χ0) is 7.11. The van der Waals surface area contributed by atoms with Crippen LogP contribution in [0.3, 0.4) is 0 Å². The molecule has 0 saturated heterocycles. The van der Waals surface area contributed by atoms with E-state index in [1.807, 2.05) is 7.05 Å². The average molecular weight is 126 g/mol. The molecule has 0 unspecified atom stereocenters. The smallest absolute Gasteiger partial charge is 0.0276 e. The highest BCUT2D eigenvalue weighted by Gasteiger charge is 1.91. The van der Waals surface area contributed by atoms with Crippen LogP contribution in [0.5, 0.6) is 0 Å². The highest BCUT2D eigenvalue weighted by atomic mass is 14.7. The fourth-order valence-electron chi connectivity index (χ4n) is 0.729. The van der Waals surface area contributed by atoms with Gasteiger partial charge in [-0.25, -0.2) is 0 Å². The third kappa shape index (κ3) is 4.19. The van der Waals surface area contributed by atoms with Gasteiger partial charge >= 0.3 is 0 Å². The topological polar surface area (TPSA) is 12.4 Å². The third-order valence-electron chi connectivity index (χ3n) is 1.42. The summed E-state index contributed by atoms with van der Waals surface area (Å²) in [7, 11) is 1.84. The van der Waals surface area contributed by atoms with Crippen molar-refractivity contribution >= 4 is 5.71 Å². The lowest BCUT2D eigenvalue weighted by Gasteiger charge is -1.98. The molecule has 0 heterocycles. The van der Waals surface area contributed by atoms with Gasteiger partial charge in [0.1, 0.15) is 0 Å². The first-order valence-electron chi connectivity index (χ1n) is 3.59. The second kappa shape index (κ2) is 5.80. The molecule has 0 amide bonds. The summed E-state index contributed by atoms with van der Waals surface area (Å²) in [6.07, 6.45) is 4.51. The van der Waals surface area contributed by atoms with Crippen molar-refractivity contribution in [2.75, 3.05) is 7.05 Å². The molecule has 1 radical (unpaired) electrons. The fraction of sp³-hybridized carbons (Fsp3) is 0.750. The minimum Gasteiger partial charge on any atom is -0.297 e. The number of rotatable bonds is 4. The summed E-state index contributed by atoms with van der Waals surface area (Å²) in [5.41, 5.74) is 1.25. The van der Waals surface area contributed by atoms with Crippen molar-refractivity contribution in [1.29, 1.82) is 0 Å². The Hall–Kier alpha value is -0.330. The summed E-state index contributed by atoms with van der Waals surface area (Å²) < 4.78 is 0. The molecule has 0 N–H and O–H groups in total. The van der Waals surface area contributed by atoms with Crippen LogP contribution in [0, 0.1) is 6.92 Å². The van der Waals surface area contributed by atoms with Crippen LogP contribution in [0.1, 0.15) is 32.6 Å². The second-order valence-corrected chi connectivity index (χ2v) is 2.14. The molecule has 9 heavy (non-hydrogen) atoms. The van der Waals surface area contributed by atoms with E-state index < -0.39 is 0 Å². The Morgan fingerprint density at radius 3 is 2.56 bits per heavy atom. The van der Waals surface area contributed by atoms with Crippen molar-refractivity contribution < 1.29 is 0 Å². The van der Waals surface area contributed by atoms with E-state index in [9.17, 15) is 0 Å². The van der Waals surface area contributed by atoms with Crippen molar-refractivity contribution in [3.05, 3.63) is 6.92 Å². The van der Waals surface area contributed by atoms with Gasteiger partial charge in [-0.05, 0) is 26.2 Å². The normalized spacial score (nSPS) is 12.1. The Bertz CT molecular complexity index is 84.6. The quantitative estimate of drug-likeness (QED) is 0.513. The Balaban J connectivity index is 3.33. The van der Waals surface area contributed by atoms with Crippen LogP contribution in [0.15, 0.2) is 4.99 Å². The van der Waals surface area contributed by atoms with Gasteiger partial charge in [-0.15, -0.1) is 0 Å². The predicted molar refractivity (Wildman–Crippen MR) is 42.9 cm³/mol. The van der Waals surface area contributed by atoms with Crippen LogP contribution in [0.2, 0.25) is 0 Å². The number of hydrogen-bond acceptors (Lipinski definition) is 1. The minimum absolute atomic E-state index is 0.872. The molecule has 0 aromatic rings. The fourth-order valence-corrected chi connectivity index (χ4v) is 0.729. The maximum absolute atomic E-state index is 4.10. The van der Waals surface area contributed by atoms with E-state index in [1.54, 1.807) is 0 Å². The van der Waals surface area contributed by atoms with E-state index in [4.69, 9.17) is 0 Å². The van der Waals surface area contributed by atoms with E-state index in [1.165, 1.54) is 18.6 Å². The molecule has 0 aromatic carbocycles. The van der Waals surface area contributed by atoms with Crippen molar-refractivity contribution in [2.24, 2.45) is 4.99 Å². The van der Waals surface area contributed by atoms with E-state index in [-0.39, 0.29) is 0 Å². The van der Waals surface area contributed by atoms with Crippen molar-refractivity contribution in [3.8, 4) is 0 Å². The van der Waals surface area contributed by atoms with Crippen molar-refractivity contribution in [2.45, 2.75) is 32.6 Å². The Kier molecular flexibility index (Phi) is 5.59. The second-order valence-electron chi connectivity index (χ2n) is 2.14. The van der Waals surface area contributed by atoms with Crippen LogP contribution in [0.25, 0.3) is 0 Å². The Morgan fingerprint density at radius 2 is 2.22 bits per heavy atom. The summed E-state index contributed by atoms with van der Waals surface area (Å²) in [6, 6.07) is 0. The molecule has 0 fully saturated rings. The number of nitrogens with zero attached hydrogens (tertiary/aromatic N) is 1. The molecular weight excluding hydrogens is 110 g/mol. The summed E-state index contributed by atoms with van der Waals surface area (Å²) >= 11 is 0. The minimum atomic E-state index is 0.872. The van der Waals surface area contributed by atoms with Crippen LogP contribution in [-0.4, -0.2) is 12.8 Å². The highest BCUT2D eigenvalue weighted by molar-refractivity contribution is 5.84. The van der Waals surface area contributed by atoms with Gasteiger partial charge in [-0.3, -0.25) is 4.99 Å². The highest BCUT2D eigenvalue weighted by Crippen LogP contribution is 1.98. The van der Waals surface area contributed by atoms with Crippen LogP contribution in [0.4, 0.5) is 0 Å². The molecule has 0 bridgehead atoms. The summed E-state index contributed by atoms with van der Waals surface area (Å²) in [5, 5.41) is 0. The van der Waals surface area contributed by atoms with Gasteiger partial charge in [-0.2, -0.15) is 0 Å². The first kappa shape index (κ1) is 8.67. The standard InChI is InChI=1S/C8H16N/c1-4-6-7-8(5-2)9-3/h2,4-7H2,1,3H3/b9-8+. The lowest BCUT2D eigenvalue weighted by Crippen LogP contribution is -1.94. The van der Waals surface area contributed by atoms with Crippen LogP contribution < -0.4 is 0 Å². The van der Waals surface area contributed by atoms with E-state index in [0.29, 0.717) is 0 Å². The largest absolute Gasteiger partial charge is 0.297 e. The van der Waals surface area contributed by atoms with Crippen LogP contribution in [-0.2, 0) is 0 Å². The number of unbranched alkanes of at least 4 members (excludes halogenated alkanes) is 1. The monoisotopic (exact) mass is 126 g/mol. The summed E-state index contributed by atoms with van der Waals surface area (Å²) in [5.74, 6) is 0. The van der Waals surface area contributed by atoms with Gasteiger partial charge in [-0.1, -0.05) is 13.3 Å². The number of aliphatic imine (C=N–C) groups is 1. The molecule has 53 valence electrons. The Morgan fingerprint density at radius 1 is 1.56 bits per heavy atom. The van der Waals surface area contributed by atoms with E-state index in [2.05, 4.69) is 18.8 Å². The summed E-state index contributed by atoms with van der Waals surface area (Å²) in [4.78, 5) is 4.10. The molecule has 0 saturated carbocycles. The lowest BCUT2D eigenvalue weighted by molar-refractivity contribution is 0.828. The maximum atomic E-state index is 4.10. The summed E-state index contributed by atoms with van der Waals surface area (Å²) in [6.45, 7) is 5.97. The molecule has 0 aliphatic carbocycles. The molecule has 0 aromatic heterocycles. The van der Waals surface area contributed by atoms with Crippen LogP contribution >= 0.6 is 0 Å². The van der Waals surface area contributed by atoms with E-state index >= 15 is 0 Å².